The van der Waals surface area contributed by atoms with Crippen LogP contribution in [0.15, 0.2) is 29.4 Å². The fraction of sp³-hybridized carbons (Fsp3) is 0.500. The number of hydrogen-bond donors (Lipinski definition) is 1. The van der Waals surface area contributed by atoms with Gasteiger partial charge in [0.1, 0.15) is 0 Å². The first-order valence-corrected chi connectivity index (χ1v) is 10.1. The number of rotatable bonds is 4. The van der Waals surface area contributed by atoms with Crippen LogP contribution >= 0.6 is 23.4 Å². The van der Waals surface area contributed by atoms with Crippen LogP contribution in [0.25, 0.3) is 11.4 Å². The molecule has 0 aliphatic carbocycles. The highest BCUT2D eigenvalue weighted by Crippen LogP contribution is 2.29. The van der Waals surface area contributed by atoms with E-state index in [0.29, 0.717) is 16.0 Å². The van der Waals surface area contributed by atoms with Crippen molar-refractivity contribution in [3.05, 3.63) is 29.3 Å². The van der Waals surface area contributed by atoms with Crippen molar-refractivity contribution in [2.45, 2.75) is 62.5 Å². The molecule has 1 aliphatic rings. The molecule has 8 heteroatoms. The molecule has 26 heavy (non-hydrogen) atoms. The monoisotopic (exact) mass is 393 g/mol. The van der Waals surface area contributed by atoms with Gasteiger partial charge in [0, 0.05) is 22.7 Å². The normalized spacial score (nSPS) is 21.6. The molecular formula is C18H24ClN5OS. The van der Waals surface area contributed by atoms with Crippen LogP contribution in [0.5, 0.6) is 0 Å². The number of thioether (sulfide) groups is 1. The van der Waals surface area contributed by atoms with Crippen molar-refractivity contribution in [3.8, 4) is 11.4 Å². The zero-order valence-corrected chi connectivity index (χ0v) is 16.8. The third kappa shape index (κ3) is 3.83. The first kappa shape index (κ1) is 19.0. The first-order valence-electron chi connectivity index (χ1n) is 8.83. The molecule has 3 rings (SSSR count). The molecule has 1 aliphatic heterocycles. The van der Waals surface area contributed by atoms with Gasteiger partial charge in [-0.25, -0.2) is 4.68 Å². The molecule has 2 aromatic rings. The average molecular weight is 394 g/mol. The minimum atomic E-state index is -0.275. The maximum Gasteiger partial charge on any atom is 0.236 e. The summed E-state index contributed by atoms with van der Waals surface area (Å²) in [5, 5.41) is 9.23. The van der Waals surface area contributed by atoms with Gasteiger partial charge in [-0.05, 0) is 64.3 Å². The molecule has 0 spiro atoms. The summed E-state index contributed by atoms with van der Waals surface area (Å²) in [6, 6.07) is 7.79. The predicted molar refractivity (Wildman–Crippen MR) is 106 cm³/mol. The molecule has 0 saturated carbocycles. The smallest absolute Gasteiger partial charge is 0.236 e. The lowest BCUT2D eigenvalue weighted by Crippen LogP contribution is -2.50. The molecule has 0 bridgehead atoms. The summed E-state index contributed by atoms with van der Waals surface area (Å²) in [5.74, 6) is 6.84. The average Bonchev–Trinajstić information content (AvgIpc) is 2.96. The van der Waals surface area contributed by atoms with Crippen LogP contribution in [0.3, 0.4) is 0 Å². The number of benzene rings is 1. The van der Waals surface area contributed by atoms with E-state index in [-0.39, 0.29) is 23.2 Å². The molecule has 0 radical (unpaired) electrons. The van der Waals surface area contributed by atoms with Crippen molar-refractivity contribution in [2.75, 3.05) is 5.84 Å². The SMILES string of the molecule is C[C@@H](Sc1nnc(-c2ccc(Cl)cc2)n1N)C(=O)N1[C@@H](C)CCC[C@@H]1C. The predicted octanol–water partition coefficient (Wildman–Crippen LogP) is 3.58. The summed E-state index contributed by atoms with van der Waals surface area (Å²) in [6.45, 7) is 6.14. The van der Waals surface area contributed by atoms with Crippen LogP contribution in [0.2, 0.25) is 5.02 Å². The van der Waals surface area contributed by atoms with Crippen molar-refractivity contribution in [1.29, 1.82) is 0 Å². The minimum absolute atomic E-state index is 0.130. The Hall–Kier alpha value is -1.73. The van der Waals surface area contributed by atoms with Crippen molar-refractivity contribution >= 4 is 29.3 Å². The Balaban J connectivity index is 1.74. The summed E-state index contributed by atoms with van der Waals surface area (Å²) in [4.78, 5) is 15.0. The second-order valence-corrected chi connectivity index (χ2v) is 8.56. The number of likely N-dealkylation sites (tertiary alicyclic amines) is 1. The number of nitrogens with two attached hydrogens (primary N) is 1. The van der Waals surface area contributed by atoms with Crippen LogP contribution in [-0.2, 0) is 4.79 Å². The molecule has 1 saturated heterocycles. The Morgan fingerprint density at radius 1 is 1.23 bits per heavy atom. The fourth-order valence-corrected chi connectivity index (χ4v) is 4.38. The van der Waals surface area contributed by atoms with Crippen LogP contribution in [0, 0.1) is 0 Å². The summed E-state index contributed by atoms with van der Waals surface area (Å²) < 4.78 is 1.43. The van der Waals surface area contributed by atoms with Gasteiger partial charge in [-0.3, -0.25) is 4.79 Å². The molecule has 1 fully saturated rings. The molecule has 140 valence electrons. The summed E-state index contributed by atoms with van der Waals surface area (Å²) in [7, 11) is 0. The van der Waals surface area contributed by atoms with Crippen molar-refractivity contribution in [3.63, 3.8) is 0 Å². The number of nitrogens with zero attached hydrogens (tertiary/aromatic N) is 4. The van der Waals surface area contributed by atoms with Gasteiger partial charge in [0.15, 0.2) is 5.82 Å². The molecule has 0 unspecified atom stereocenters. The third-order valence-corrected chi connectivity index (χ3v) is 6.14. The number of carbonyl (C=O) groups is 1. The van der Waals surface area contributed by atoms with Crippen molar-refractivity contribution in [1.82, 2.24) is 19.8 Å². The zero-order chi connectivity index (χ0) is 18.8. The van der Waals surface area contributed by atoms with E-state index in [4.69, 9.17) is 17.4 Å². The van der Waals surface area contributed by atoms with E-state index in [2.05, 4.69) is 24.0 Å². The number of aromatic nitrogens is 3. The van der Waals surface area contributed by atoms with Gasteiger partial charge in [-0.1, -0.05) is 23.4 Å². The highest BCUT2D eigenvalue weighted by Gasteiger charge is 2.32. The quantitative estimate of drug-likeness (QED) is 0.634. The number of hydrogen-bond acceptors (Lipinski definition) is 5. The van der Waals surface area contributed by atoms with Gasteiger partial charge >= 0.3 is 0 Å². The van der Waals surface area contributed by atoms with Crippen molar-refractivity contribution in [2.24, 2.45) is 0 Å². The van der Waals surface area contributed by atoms with Gasteiger partial charge < -0.3 is 10.7 Å². The van der Waals surface area contributed by atoms with Crippen LogP contribution in [0.4, 0.5) is 0 Å². The van der Waals surface area contributed by atoms with Crippen LogP contribution in [0.1, 0.15) is 40.0 Å². The van der Waals surface area contributed by atoms with Gasteiger partial charge in [-0.2, -0.15) is 0 Å². The number of halogens is 1. The Labute approximate surface area is 163 Å². The van der Waals surface area contributed by atoms with E-state index < -0.39 is 0 Å². The number of piperidine rings is 1. The summed E-state index contributed by atoms with van der Waals surface area (Å²) >= 11 is 7.27. The molecule has 2 heterocycles. The molecular weight excluding hydrogens is 370 g/mol. The number of amides is 1. The summed E-state index contributed by atoms with van der Waals surface area (Å²) in [5.41, 5.74) is 0.827. The van der Waals surface area contributed by atoms with Gasteiger partial charge in [0.05, 0.1) is 5.25 Å². The standard InChI is InChI=1S/C18H24ClN5OS/c1-11-5-4-6-12(2)23(11)17(25)13(3)26-18-22-21-16(24(18)20)14-7-9-15(19)10-8-14/h7-13H,4-6,20H2,1-3H3/t11-,12-,13+/m0/s1. The Morgan fingerprint density at radius 2 is 1.85 bits per heavy atom. The van der Waals surface area contributed by atoms with Crippen LogP contribution < -0.4 is 5.84 Å². The largest absolute Gasteiger partial charge is 0.336 e. The van der Waals surface area contributed by atoms with Gasteiger partial charge in [-0.15, -0.1) is 10.2 Å². The molecule has 2 N–H and O–H groups in total. The van der Waals surface area contributed by atoms with E-state index >= 15 is 0 Å². The second kappa shape index (κ2) is 7.88. The number of carbonyl (C=O) groups excluding carboxylic acids is 1. The van der Waals surface area contributed by atoms with E-state index in [1.165, 1.54) is 22.9 Å². The molecule has 1 aromatic heterocycles. The van der Waals surface area contributed by atoms with E-state index in [0.717, 1.165) is 18.4 Å². The topological polar surface area (TPSA) is 77.0 Å². The van der Waals surface area contributed by atoms with E-state index in [1.54, 1.807) is 12.1 Å². The lowest BCUT2D eigenvalue weighted by Gasteiger charge is -2.40. The maximum absolute atomic E-state index is 12.9. The second-order valence-electron chi connectivity index (χ2n) is 6.82. The minimum Gasteiger partial charge on any atom is -0.336 e. The first-order chi connectivity index (χ1) is 12.4. The van der Waals surface area contributed by atoms with E-state index in [9.17, 15) is 4.79 Å². The maximum atomic E-state index is 12.9. The lowest BCUT2D eigenvalue weighted by molar-refractivity contribution is -0.136. The third-order valence-electron chi connectivity index (χ3n) is 4.84. The Bertz CT molecular complexity index is 768. The highest BCUT2D eigenvalue weighted by molar-refractivity contribution is 8.00. The van der Waals surface area contributed by atoms with Gasteiger partial charge in [0.2, 0.25) is 11.1 Å². The summed E-state index contributed by atoms with van der Waals surface area (Å²) in [6.07, 6.45) is 3.29. The lowest BCUT2D eigenvalue weighted by atomic mass is 9.97. The van der Waals surface area contributed by atoms with Crippen LogP contribution in [-0.4, -0.2) is 43.0 Å². The van der Waals surface area contributed by atoms with E-state index in [1.807, 2.05) is 24.0 Å². The Kier molecular flexibility index (Phi) is 5.77. The Morgan fingerprint density at radius 3 is 2.46 bits per heavy atom. The van der Waals surface area contributed by atoms with Crippen molar-refractivity contribution < 1.29 is 4.79 Å². The zero-order valence-electron chi connectivity index (χ0n) is 15.2. The number of nitrogen functional groups attached to an aromatic ring is 1. The molecule has 3 atom stereocenters. The fourth-order valence-electron chi connectivity index (χ4n) is 3.43. The molecule has 6 nitrogen and oxygen atoms in total. The molecule has 1 amide bonds. The van der Waals surface area contributed by atoms with Gasteiger partial charge in [0.25, 0.3) is 0 Å². The highest BCUT2D eigenvalue weighted by atomic mass is 35.5. The molecule has 1 aromatic carbocycles.